The van der Waals surface area contributed by atoms with E-state index < -0.39 is 0 Å². The van der Waals surface area contributed by atoms with Gasteiger partial charge in [-0.1, -0.05) is 12.1 Å². The number of rotatable bonds is 4. The number of Topliss-reactive ketones (excluding diaryl/α,β-unsaturated/α-hetero) is 1. The molecule has 1 aromatic carbocycles. The van der Waals surface area contributed by atoms with Crippen LogP contribution in [0.1, 0.15) is 59.7 Å². The maximum absolute atomic E-state index is 12.9. The van der Waals surface area contributed by atoms with Crippen molar-refractivity contribution in [1.29, 1.82) is 0 Å². The minimum atomic E-state index is 0.0165. The first kappa shape index (κ1) is 21.2. The Labute approximate surface area is 183 Å². The topological polar surface area (TPSA) is 61.9 Å². The van der Waals surface area contributed by atoms with Crippen molar-refractivity contribution in [2.24, 2.45) is 5.41 Å². The molecule has 1 N–H and O–H groups in total. The van der Waals surface area contributed by atoms with Crippen molar-refractivity contribution in [3.05, 3.63) is 35.4 Å². The summed E-state index contributed by atoms with van der Waals surface area (Å²) in [5, 5.41) is 4.23. The molecule has 1 unspecified atom stereocenters. The molecule has 0 aliphatic carbocycles. The number of thiocarbonyl (C=S) groups is 1. The van der Waals surface area contributed by atoms with Gasteiger partial charge in [0, 0.05) is 50.5 Å². The Bertz CT molecular complexity index is 796. The van der Waals surface area contributed by atoms with Crippen molar-refractivity contribution in [3.63, 3.8) is 0 Å². The summed E-state index contributed by atoms with van der Waals surface area (Å²) in [7, 11) is 0. The van der Waals surface area contributed by atoms with Gasteiger partial charge in [0.2, 0.25) is 0 Å². The fourth-order valence-electron chi connectivity index (χ4n) is 4.85. The zero-order valence-electron chi connectivity index (χ0n) is 17.7. The van der Waals surface area contributed by atoms with E-state index in [4.69, 9.17) is 17.0 Å². The highest BCUT2D eigenvalue weighted by Gasteiger charge is 2.42. The van der Waals surface area contributed by atoms with E-state index in [1.54, 1.807) is 24.3 Å². The Morgan fingerprint density at radius 3 is 2.33 bits per heavy atom. The highest BCUT2D eigenvalue weighted by molar-refractivity contribution is 7.80. The van der Waals surface area contributed by atoms with Crippen LogP contribution in [0.15, 0.2) is 24.3 Å². The Hall–Kier alpha value is -1.99. The van der Waals surface area contributed by atoms with E-state index in [2.05, 4.69) is 10.2 Å². The number of ether oxygens (including phenoxy) is 1. The number of ketones is 1. The molecule has 3 saturated heterocycles. The van der Waals surface area contributed by atoms with E-state index >= 15 is 0 Å². The van der Waals surface area contributed by atoms with Gasteiger partial charge < -0.3 is 19.9 Å². The first-order valence-electron chi connectivity index (χ1n) is 11.0. The van der Waals surface area contributed by atoms with Crippen LogP contribution in [-0.2, 0) is 4.74 Å². The lowest BCUT2D eigenvalue weighted by molar-refractivity contribution is 0.0598. The standard InChI is InChI=1S/C23H31N3O3S/c1-17(27)18-4-6-19(7-5-18)21(28)25-11-8-23(9-12-25)10-13-26(16-23)22(30)24-15-20-3-2-14-29-20/h4-7,20H,2-3,8-16H2,1H3,(H,24,30). The average Bonchev–Trinajstić information content (AvgIpc) is 3.43. The van der Waals surface area contributed by atoms with Crippen molar-refractivity contribution in [2.45, 2.75) is 45.1 Å². The highest BCUT2D eigenvalue weighted by atomic mass is 32.1. The molecule has 0 radical (unpaired) electrons. The third kappa shape index (κ3) is 4.67. The number of piperidine rings is 1. The van der Waals surface area contributed by atoms with Crippen molar-refractivity contribution in [2.75, 3.05) is 39.3 Å². The number of carbonyl (C=O) groups is 2. The molecule has 0 bridgehead atoms. The smallest absolute Gasteiger partial charge is 0.253 e. The molecule has 0 saturated carbocycles. The largest absolute Gasteiger partial charge is 0.376 e. The summed E-state index contributed by atoms with van der Waals surface area (Å²) in [6.45, 7) is 6.70. The van der Waals surface area contributed by atoms with Crippen molar-refractivity contribution >= 4 is 29.0 Å². The van der Waals surface area contributed by atoms with Crippen molar-refractivity contribution in [3.8, 4) is 0 Å². The number of carbonyl (C=O) groups excluding carboxylic acids is 2. The van der Waals surface area contributed by atoms with E-state index in [0.717, 1.165) is 76.5 Å². The Morgan fingerprint density at radius 2 is 1.73 bits per heavy atom. The third-order valence-corrected chi connectivity index (χ3v) is 7.28. The minimum Gasteiger partial charge on any atom is -0.376 e. The van der Waals surface area contributed by atoms with Crippen molar-refractivity contribution < 1.29 is 14.3 Å². The van der Waals surface area contributed by atoms with Gasteiger partial charge in [-0.25, -0.2) is 0 Å². The second kappa shape index (κ2) is 9.02. The summed E-state index contributed by atoms with van der Waals surface area (Å²) in [6.07, 6.45) is 5.69. The maximum Gasteiger partial charge on any atom is 0.253 e. The van der Waals surface area contributed by atoms with Crippen LogP contribution in [0, 0.1) is 5.41 Å². The lowest BCUT2D eigenvalue weighted by Crippen LogP contribution is -2.46. The second-order valence-electron chi connectivity index (χ2n) is 8.92. The van der Waals surface area contributed by atoms with Gasteiger partial charge in [0.15, 0.2) is 10.9 Å². The molecule has 7 heteroatoms. The van der Waals surface area contributed by atoms with E-state index in [0.29, 0.717) is 17.2 Å². The maximum atomic E-state index is 12.9. The minimum absolute atomic E-state index is 0.0165. The average molecular weight is 430 g/mol. The van der Waals surface area contributed by atoms with Crippen LogP contribution in [-0.4, -0.2) is 72.0 Å². The molecule has 3 aliphatic rings. The van der Waals surface area contributed by atoms with E-state index in [9.17, 15) is 9.59 Å². The Kier molecular flexibility index (Phi) is 6.39. The van der Waals surface area contributed by atoms with Gasteiger partial charge in [-0.3, -0.25) is 9.59 Å². The molecule has 6 nitrogen and oxygen atoms in total. The number of amides is 1. The molecule has 4 rings (SSSR count). The summed E-state index contributed by atoms with van der Waals surface area (Å²) in [5.41, 5.74) is 1.55. The van der Waals surface area contributed by atoms with Gasteiger partial charge in [-0.05, 0) is 68.8 Å². The molecular formula is C23H31N3O3S. The number of benzene rings is 1. The Morgan fingerprint density at radius 1 is 1.10 bits per heavy atom. The third-order valence-electron chi connectivity index (χ3n) is 6.88. The lowest BCUT2D eigenvalue weighted by Gasteiger charge is -2.39. The SMILES string of the molecule is CC(=O)c1ccc(C(=O)N2CCC3(CC2)CCN(C(=S)NCC2CCCO2)C3)cc1. The van der Waals surface area contributed by atoms with Gasteiger partial charge in [0.05, 0.1) is 6.10 Å². The number of hydrogen-bond donors (Lipinski definition) is 1. The van der Waals surface area contributed by atoms with Gasteiger partial charge in [0.25, 0.3) is 5.91 Å². The van der Waals surface area contributed by atoms with E-state index in [1.165, 1.54) is 6.92 Å². The molecule has 3 heterocycles. The molecular weight excluding hydrogens is 398 g/mol. The Balaban J connectivity index is 1.27. The van der Waals surface area contributed by atoms with Crippen molar-refractivity contribution in [1.82, 2.24) is 15.1 Å². The molecule has 1 aromatic rings. The first-order valence-corrected chi connectivity index (χ1v) is 11.4. The molecule has 1 atom stereocenters. The van der Waals surface area contributed by atoms with Crippen LogP contribution in [0.4, 0.5) is 0 Å². The highest BCUT2D eigenvalue weighted by Crippen LogP contribution is 2.40. The molecule has 0 aromatic heterocycles. The monoisotopic (exact) mass is 429 g/mol. The lowest BCUT2D eigenvalue weighted by atomic mass is 9.77. The van der Waals surface area contributed by atoms with Gasteiger partial charge in [0.1, 0.15) is 0 Å². The normalized spacial score (nSPS) is 23.0. The number of likely N-dealkylation sites (tertiary alicyclic amines) is 2. The summed E-state index contributed by atoms with van der Waals surface area (Å²) in [4.78, 5) is 28.5. The summed E-state index contributed by atoms with van der Waals surface area (Å²) in [6, 6.07) is 7.00. The molecule has 162 valence electrons. The quantitative estimate of drug-likeness (QED) is 0.587. The van der Waals surface area contributed by atoms with Crippen LogP contribution in [0.2, 0.25) is 0 Å². The van der Waals surface area contributed by atoms with E-state index in [1.807, 2.05) is 4.90 Å². The summed E-state index contributed by atoms with van der Waals surface area (Å²) in [5.74, 6) is 0.0754. The molecule has 1 spiro atoms. The van der Waals surface area contributed by atoms with Crippen LogP contribution in [0.3, 0.4) is 0 Å². The van der Waals surface area contributed by atoms with Crippen LogP contribution < -0.4 is 5.32 Å². The van der Waals surface area contributed by atoms with Gasteiger partial charge in [-0.2, -0.15) is 0 Å². The molecule has 3 fully saturated rings. The zero-order chi connectivity index (χ0) is 21.1. The fourth-order valence-corrected chi connectivity index (χ4v) is 5.09. The second-order valence-corrected chi connectivity index (χ2v) is 9.31. The number of hydrogen-bond acceptors (Lipinski definition) is 4. The van der Waals surface area contributed by atoms with Crippen LogP contribution in [0.25, 0.3) is 0 Å². The predicted octanol–water partition coefficient (Wildman–Crippen LogP) is 2.87. The molecule has 3 aliphatic heterocycles. The zero-order valence-corrected chi connectivity index (χ0v) is 18.5. The summed E-state index contributed by atoms with van der Waals surface area (Å²) >= 11 is 5.63. The van der Waals surface area contributed by atoms with E-state index in [-0.39, 0.29) is 17.1 Å². The van der Waals surface area contributed by atoms with Crippen LogP contribution in [0.5, 0.6) is 0 Å². The fraction of sp³-hybridized carbons (Fsp3) is 0.609. The number of nitrogens with zero attached hydrogens (tertiary/aromatic N) is 2. The van der Waals surface area contributed by atoms with Gasteiger partial charge >= 0.3 is 0 Å². The molecule has 1 amide bonds. The number of nitrogens with one attached hydrogen (secondary N) is 1. The van der Waals surface area contributed by atoms with Crippen LogP contribution >= 0.6 is 12.2 Å². The predicted molar refractivity (Wildman–Crippen MR) is 120 cm³/mol. The molecule has 30 heavy (non-hydrogen) atoms. The first-order chi connectivity index (χ1) is 14.5. The van der Waals surface area contributed by atoms with Gasteiger partial charge in [-0.15, -0.1) is 0 Å². The summed E-state index contributed by atoms with van der Waals surface area (Å²) < 4.78 is 5.67.